The van der Waals surface area contributed by atoms with E-state index in [0.717, 1.165) is 22.9 Å². The first kappa shape index (κ1) is 13.9. The second-order valence-electron chi connectivity index (χ2n) is 6.10. The molecular weight excluding hydrogens is 270 g/mol. The van der Waals surface area contributed by atoms with Gasteiger partial charge in [-0.15, -0.1) is 11.6 Å². The van der Waals surface area contributed by atoms with Crippen molar-refractivity contribution in [2.45, 2.75) is 57.9 Å². The largest absolute Gasteiger partial charge is 0.309 e. The standard InChI is InChI=1S/C16H22ClN3/c1-11-4-3-5-13(7-6-11)20-14(10-17)19-15-12(2)8-9-18-16(15)20/h8-9,11,13H,3-7,10H2,1-2H3. The summed E-state index contributed by atoms with van der Waals surface area (Å²) in [6.45, 7) is 4.45. The van der Waals surface area contributed by atoms with Gasteiger partial charge in [0.15, 0.2) is 5.65 Å². The number of rotatable bonds is 2. The van der Waals surface area contributed by atoms with Crippen LogP contribution in [0, 0.1) is 12.8 Å². The minimum Gasteiger partial charge on any atom is -0.309 e. The maximum Gasteiger partial charge on any atom is 0.160 e. The molecule has 0 bridgehead atoms. The molecule has 2 unspecified atom stereocenters. The molecule has 3 rings (SSSR count). The molecule has 0 amide bonds. The number of aromatic nitrogens is 3. The van der Waals surface area contributed by atoms with Crippen molar-refractivity contribution in [2.75, 3.05) is 0 Å². The third-order valence-electron chi connectivity index (χ3n) is 4.57. The van der Waals surface area contributed by atoms with Gasteiger partial charge in [-0.3, -0.25) is 0 Å². The molecule has 2 aromatic heterocycles. The van der Waals surface area contributed by atoms with Crippen molar-refractivity contribution in [3.05, 3.63) is 23.7 Å². The molecule has 0 saturated heterocycles. The van der Waals surface area contributed by atoms with E-state index in [-0.39, 0.29) is 0 Å². The van der Waals surface area contributed by atoms with Gasteiger partial charge in [0.05, 0.1) is 5.88 Å². The zero-order valence-corrected chi connectivity index (χ0v) is 13.0. The fourth-order valence-electron chi connectivity index (χ4n) is 3.36. The van der Waals surface area contributed by atoms with Gasteiger partial charge < -0.3 is 4.57 Å². The molecule has 3 nitrogen and oxygen atoms in total. The lowest BCUT2D eigenvalue weighted by Crippen LogP contribution is -2.12. The highest BCUT2D eigenvalue weighted by Crippen LogP contribution is 2.34. The molecule has 0 spiro atoms. The summed E-state index contributed by atoms with van der Waals surface area (Å²) < 4.78 is 2.31. The molecule has 20 heavy (non-hydrogen) atoms. The second kappa shape index (κ2) is 5.72. The van der Waals surface area contributed by atoms with Gasteiger partial charge in [0.1, 0.15) is 11.3 Å². The van der Waals surface area contributed by atoms with Gasteiger partial charge in [0.25, 0.3) is 0 Å². The fourth-order valence-corrected chi connectivity index (χ4v) is 3.55. The Hall–Kier alpha value is -1.09. The van der Waals surface area contributed by atoms with Crippen LogP contribution in [0.15, 0.2) is 12.3 Å². The number of hydrogen-bond donors (Lipinski definition) is 0. The quantitative estimate of drug-likeness (QED) is 0.597. The molecule has 2 aromatic rings. The van der Waals surface area contributed by atoms with E-state index >= 15 is 0 Å². The summed E-state index contributed by atoms with van der Waals surface area (Å²) in [4.78, 5) is 9.30. The van der Waals surface area contributed by atoms with Crippen LogP contribution < -0.4 is 0 Å². The van der Waals surface area contributed by atoms with Crippen LogP contribution in [0.3, 0.4) is 0 Å². The molecule has 1 aliphatic carbocycles. The zero-order valence-electron chi connectivity index (χ0n) is 12.3. The van der Waals surface area contributed by atoms with Gasteiger partial charge in [0, 0.05) is 12.2 Å². The Morgan fingerprint density at radius 1 is 1.30 bits per heavy atom. The molecule has 1 saturated carbocycles. The lowest BCUT2D eigenvalue weighted by atomic mass is 10.0. The summed E-state index contributed by atoms with van der Waals surface area (Å²) in [5.74, 6) is 2.27. The lowest BCUT2D eigenvalue weighted by Gasteiger charge is -2.19. The highest BCUT2D eigenvalue weighted by molar-refractivity contribution is 6.16. The molecule has 4 heteroatoms. The smallest absolute Gasteiger partial charge is 0.160 e. The van der Waals surface area contributed by atoms with E-state index in [1.54, 1.807) is 0 Å². The van der Waals surface area contributed by atoms with Gasteiger partial charge in [-0.2, -0.15) is 0 Å². The van der Waals surface area contributed by atoms with Crippen molar-refractivity contribution < 1.29 is 0 Å². The second-order valence-corrected chi connectivity index (χ2v) is 6.37. The van der Waals surface area contributed by atoms with Gasteiger partial charge in [0.2, 0.25) is 0 Å². The van der Waals surface area contributed by atoms with Crippen LogP contribution in [0.5, 0.6) is 0 Å². The summed E-state index contributed by atoms with van der Waals surface area (Å²) in [5, 5.41) is 0. The predicted molar refractivity (Wildman–Crippen MR) is 83.1 cm³/mol. The van der Waals surface area contributed by atoms with Crippen molar-refractivity contribution in [2.24, 2.45) is 5.92 Å². The first-order valence-corrected chi connectivity index (χ1v) is 8.12. The maximum atomic E-state index is 6.13. The molecule has 0 N–H and O–H groups in total. The summed E-state index contributed by atoms with van der Waals surface area (Å²) in [6.07, 6.45) is 8.23. The third-order valence-corrected chi connectivity index (χ3v) is 4.80. The maximum absolute atomic E-state index is 6.13. The molecule has 1 fully saturated rings. The minimum absolute atomic E-state index is 0.460. The number of imidazole rings is 1. The number of alkyl halides is 1. The lowest BCUT2D eigenvalue weighted by molar-refractivity contribution is 0.431. The summed E-state index contributed by atoms with van der Waals surface area (Å²) in [5.41, 5.74) is 3.21. The van der Waals surface area contributed by atoms with Crippen LogP contribution >= 0.6 is 11.6 Å². The van der Waals surface area contributed by atoms with Crippen molar-refractivity contribution >= 4 is 22.8 Å². The van der Waals surface area contributed by atoms with Crippen LogP contribution in [0.25, 0.3) is 11.2 Å². The van der Waals surface area contributed by atoms with Gasteiger partial charge in [-0.25, -0.2) is 9.97 Å². The summed E-state index contributed by atoms with van der Waals surface area (Å²) in [6, 6.07) is 2.53. The number of hydrogen-bond acceptors (Lipinski definition) is 2. The Morgan fingerprint density at radius 2 is 2.15 bits per heavy atom. The molecule has 1 aliphatic rings. The number of pyridine rings is 1. The van der Waals surface area contributed by atoms with Crippen LogP contribution in [0.1, 0.15) is 56.5 Å². The van der Waals surface area contributed by atoms with E-state index in [1.165, 1.54) is 37.7 Å². The highest BCUT2D eigenvalue weighted by Gasteiger charge is 2.23. The van der Waals surface area contributed by atoms with Crippen LogP contribution in [-0.4, -0.2) is 14.5 Å². The Bertz CT molecular complexity index is 605. The van der Waals surface area contributed by atoms with Crippen molar-refractivity contribution in [1.82, 2.24) is 14.5 Å². The van der Waals surface area contributed by atoms with Gasteiger partial charge >= 0.3 is 0 Å². The van der Waals surface area contributed by atoms with E-state index in [0.29, 0.717) is 11.9 Å². The SMILES string of the molecule is Cc1ccnc2c1nc(CCl)n2C1CCCC(C)CC1. The zero-order chi connectivity index (χ0) is 14.1. The summed E-state index contributed by atoms with van der Waals surface area (Å²) >= 11 is 6.13. The average Bonchev–Trinajstić information content (AvgIpc) is 2.70. The molecule has 108 valence electrons. The Kier molecular flexibility index (Phi) is 3.97. The number of nitrogens with zero attached hydrogens (tertiary/aromatic N) is 3. The topological polar surface area (TPSA) is 30.7 Å². The number of fused-ring (bicyclic) bond motifs is 1. The Balaban J connectivity index is 2.07. The Morgan fingerprint density at radius 3 is 2.95 bits per heavy atom. The van der Waals surface area contributed by atoms with Crippen LogP contribution in [-0.2, 0) is 5.88 Å². The van der Waals surface area contributed by atoms with Gasteiger partial charge in [-0.1, -0.05) is 19.8 Å². The van der Waals surface area contributed by atoms with E-state index in [4.69, 9.17) is 16.6 Å². The van der Waals surface area contributed by atoms with Crippen molar-refractivity contribution in [3.63, 3.8) is 0 Å². The number of halogens is 1. The van der Waals surface area contributed by atoms with E-state index in [2.05, 4.69) is 23.4 Å². The average molecular weight is 292 g/mol. The number of aryl methyl sites for hydroxylation is 1. The molecule has 0 aliphatic heterocycles. The van der Waals surface area contributed by atoms with Crippen molar-refractivity contribution in [1.29, 1.82) is 0 Å². The third kappa shape index (κ3) is 2.44. The minimum atomic E-state index is 0.460. The monoisotopic (exact) mass is 291 g/mol. The normalized spacial score (nSPS) is 23.9. The van der Waals surface area contributed by atoms with Crippen LogP contribution in [0.4, 0.5) is 0 Å². The highest BCUT2D eigenvalue weighted by atomic mass is 35.5. The molecular formula is C16H22ClN3. The molecule has 0 radical (unpaired) electrons. The van der Waals surface area contributed by atoms with Crippen molar-refractivity contribution in [3.8, 4) is 0 Å². The molecule has 2 atom stereocenters. The first-order valence-electron chi connectivity index (χ1n) is 7.59. The predicted octanol–water partition coefficient (Wildman–Crippen LogP) is 4.62. The van der Waals surface area contributed by atoms with Gasteiger partial charge in [-0.05, 0) is 43.7 Å². The molecule has 0 aromatic carbocycles. The molecule has 2 heterocycles. The summed E-state index contributed by atoms with van der Waals surface area (Å²) in [7, 11) is 0. The fraction of sp³-hybridized carbons (Fsp3) is 0.625. The van der Waals surface area contributed by atoms with Crippen LogP contribution in [0.2, 0.25) is 0 Å². The Labute approximate surface area is 125 Å². The first-order chi connectivity index (χ1) is 9.70. The van der Waals surface area contributed by atoms with E-state index in [9.17, 15) is 0 Å². The van der Waals surface area contributed by atoms with E-state index < -0.39 is 0 Å². The van der Waals surface area contributed by atoms with E-state index in [1.807, 2.05) is 12.3 Å².